The quantitative estimate of drug-likeness (QED) is 0.881. The first-order chi connectivity index (χ1) is 9.60. The molecule has 1 amide bonds. The average Bonchev–Trinajstić information content (AvgIpc) is 2.82. The molecule has 0 aliphatic rings. The van der Waals surface area contributed by atoms with Crippen LogP contribution in [0.25, 0.3) is 0 Å². The maximum atomic E-state index is 11.8. The summed E-state index contributed by atoms with van der Waals surface area (Å²) in [5, 5.41) is 9.42. The van der Waals surface area contributed by atoms with Gasteiger partial charge in [-0.25, -0.2) is 0 Å². The third kappa shape index (κ3) is 3.60. The van der Waals surface area contributed by atoms with Gasteiger partial charge in [-0.2, -0.15) is 5.10 Å². The normalized spacial score (nSPS) is 10.3. The zero-order chi connectivity index (χ0) is 14.5. The van der Waals surface area contributed by atoms with Crippen molar-refractivity contribution in [1.82, 2.24) is 10.2 Å². The smallest absolute Gasteiger partial charge is 0.225 e. The number of carbonyl (C=O) groups is 1. The first-order valence-corrected chi connectivity index (χ1v) is 7.01. The van der Waals surface area contributed by atoms with E-state index in [9.17, 15) is 4.79 Å². The number of aryl methyl sites for hydroxylation is 2. The summed E-state index contributed by atoms with van der Waals surface area (Å²) in [6, 6.07) is 5.81. The highest BCUT2D eigenvalue weighted by atomic mass is 79.9. The second-order valence-electron chi connectivity index (χ2n) is 4.45. The first kappa shape index (κ1) is 14.6. The fraction of sp³-hybridized carbons (Fsp3) is 0.286. The number of nitrogens with zero attached hydrogens (tertiary/aromatic N) is 1. The van der Waals surface area contributed by atoms with Crippen LogP contribution < -0.4 is 10.1 Å². The summed E-state index contributed by atoms with van der Waals surface area (Å²) >= 11 is 3.43. The molecule has 0 aliphatic heterocycles. The van der Waals surface area contributed by atoms with Gasteiger partial charge in [0.25, 0.3) is 0 Å². The van der Waals surface area contributed by atoms with Gasteiger partial charge in [-0.15, -0.1) is 0 Å². The predicted octanol–water partition coefficient (Wildman–Crippen LogP) is 3.06. The predicted molar refractivity (Wildman–Crippen MR) is 81.0 cm³/mol. The fourth-order valence-electron chi connectivity index (χ4n) is 1.80. The van der Waals surface area contributed by atoms with Gasteiger partial charge in [0.05, 0.1) is 17.8 Å². The number of nitrogens with one attached hydrogen (secondary N) is 2. The number of methoxy groups -OCH3 is 1. The molecule has 20 heavy (non-hydrogen) atoms. The van der Waals surface area contributed by atoms with E-state index in [1.54, 1.807) is 13.3 Å². The Morgan fingerprint density at radius 3 is 2.90 bits per heavy atom. The molecule has 0 saturated carbocycles. The van der Waals surface area contributed by atoms with Crippen molar-refractivity contribution in [3.05, 3.63) is 40.0 Å². The first-order valence-electron chi connectivity index (χ1n) is 6.22. The minimum absolute atomic E-state index is 0.0377. The molecule has 1 heterocycles. The number of H-pyrrole nitrogens is 1. The second kappa shape index (κ2) is 6.56. The van der Waals surface area contributed by atoms with Gasteiger partial charge in [-0.3, -0.25) is 9.89 Å². The van der Waals surface area contributed by atoms with Crippen LogP contribution in [0.15, 0.2) is 28.9 Å². The van der Waals surface area contributed by atoms with E-state index in [0.29, 0.717) is 18.7 Å². The molecule has 0 radical (unpaired) electrons. The number of benzene rings is 1. The highest BCUT2D eigenvalue weighted by Crippen LogP contribution is 2.26. The molecule has 1 aromatic carbocycles. The minimum atomic E-state index is -0.0377. The molecule has 0 saturated heterocycles. The second-order valence-corrected chi connectivity index (χ2v) is 5.30. The number of hydrogen-bond acceptors (Lipinski definition) is 3. The third-order valence-electron chi connectivity index (χ3n) is 2.95. The van der Waals surface area contributed by atoms with Gasteiger partial charge in [0.1, 0.15) is 11.6 Å². The molecule has 2 N–H and O–H groups in total. The van der Waals surface area contributed by atoms with Crippen molar-refractivity contribution < 1.29 is 9.53 Å². The summed E-state index contributed by atoms with van der Waals surface area (Å²) in [7, 11) is 1.62. The Morgan fingerprint density at radius 1 is 1.50 bits per heavy atom. The lowest BCUT2D eigenvalue weighted by atomic mass is 10.1. The Morgan fingerprint density at radius 2 is 2.30 bits per heavy atom. The molecule has 0 bridgehead atoms. The minimum Gasteiger partial charge on any atom is -0.496 e. The number of anilines is 1. The van der Waals surface area contributed by atoms with Crippen LogP contribution in [0.1, 0.15) is 17.5 Å². The van der Waals surface area contributed by atoms with Gasteiger partial charge < -0.3 is 10.1 Å². The van der Waals surface area contributed by atoms with Gasteiger partial charge in [-0.05, 0) is 47.0 Å². The van der Waals surface area contributed by atoms with E-state index in [1.165, 1.54) is 0 Å². The van der Waals surface area contributed by atoms with Gasteiger partial charge in [0, 0.05) is 12.0 Å². The lowest BCUT2D eigenvalue weighted by Gasteiger charge is -2.07. The number of hydrogen-bond donors (Lipinski definition) is 2. The lowest BCUT2D eigenvalue weighted by molar-refractivity contribution is -0.116. The lowest BCUT2D eigenvalue weighted by Crippen LogP contribution is -2.13. The summed E-state index contributed by atoms with van der Waals surface area (Å²) in [5.41, 5.74) is 2.00. The van der Waals surface area contributed by atoms with Crippen molar-refractivity contribution in [1.29, 1.82) is 0 Å². The van der Waals surface area contributed by atoms with Crippen LogP contribution in [0.5, 0.6) is 5.75 Å². The molecule has 106 valence electrons. The summed E-state index contributed by atoms with van der Waals surface area (Å²) < 4.78 is 6.06. The Balaban J connectivity index is 1.90. The molecular formula is C14H16BrN3O2. The summed E-state index contributed by atoms with van der Waals surface area (Å²) in [6.07, 6.45) is 2.76. The van der Waals surface area contributed by atoms with Crippen molar-refractivity contribution >= 4 is 27.7 Å². The van der Waals surface area contributed by atoms with Crippen LogP contribution in [0.3, 0.4) is 0 Å². The van der Waals surface area contributed by atoms with Crippen molar-refractivity contribution in [3.63, 3.8) is 0 Å². The van der Waals surface area contributed by atoms with Crippen LogP contribution in [0, 0.1) is 6.92 Å². The van der Waals surface area contributed by atoms with E-state index in [0.717, 1.165) is 21.3 Å². The number of ether oxygens (including phenoxy) is 1. The Bertz CT molecular complexity index is 610. The van der Waals surface area contributed by atoms with E-state index >= 15 is 0 Å². The fourth-order valence-corrected chi connectivity index (χ4v) is 2.39. The molecule has 5 nitrogen and oxygen atoms in total. The molecule has 1 aromatic heterocycles. The van der Waals surface area contributed by atoms with Crippen LogP contribution in [-0.2, 0) is 11.2 Å². The zero-order valence-corrected chi connectivity index (χ0v) is 13.0. The van der Waals surface area contributed by atoms with E-state index in [-0.39, 0.29) is 5.91 Å². The number of amides is 1. The van der Waals surface area contributed by atoms with Crippen molar-refractivity contribution in [3.8, 4) is 5.75 Å². The van der Waals surface area contributed by atoms with Gasteiger partial charge in [0.2, 0.25) is 5.91 Å². The Kier molecular flexibility index (Phi) is 4.79. The number of aromatic amines is 1. The monoisotopic (exact) mass is 337 g/mol. The Labute approximate surface area is 125 Å². The van der Waals surface area contributed by atoms with Crippen LogP contribution in [0.2, 0.25) is 0 Å². The van der Waals surface area contributed by atoms with E-state index in [1.807, 2.05) is 25.1 Å². The van der Waals surface area contributed by atoms with Crippen molar-refractivity contribution in [2.75, 3.05) is 12.4 Å². The highest BCUT2D eigenvalue weighted by Gasteiger charge is 2.07. The average molecular weight is 338 g/mol. The van der Waals surface area contributed by atoms with Crippen LogP contribution >= 0.6 is 15.9 Å². The van der Waals surface area contributed by atoms with Crippen LogP contribution in [0.4, 0.5) is 5.82 Å². The maximum absolute atomic E-state index is 11.8. The molecule has 2 aromatic rings. The summed E-state index contributed by atoms with van der Waals surface area (Å²) in [4.78, 5) is 11.8. The Hall–Kier alpha value is -1.82. The highest BCUT2D eigenvalue weighted by molar-refractivity contribution is 9.10. The van der Waals surface area contributed by atoms with Gasteiger partial charge >= 0.3 is 0 Å². The van der Waals surface area contributed by atoms with E-state index in [4.69, 9.17) is 4.74 Å². The molecule has 0 aliphatic carbocycles. The van der Waals surface area contributed by atoms with E-state index < -0.39 is 0 Å². The topological polar surface area (TPSA) is 67.0 Å². The maximum Gasteiger partial charge on any atom is 0.225 e. The standard InChI is InChI=1S/C14H16BrN3O2/c1-9-8-16-18-14(9)17-13(19)6-4-10-3-5-12(20-2)11(15)7-10/h3,5,7-8H,4,6H2,1-2H3,(H2,16,17,18,19). The molecule has 2 rings (SSSR count). The molecule has 0 spiro atoms. The van der Waals surface area contributed by atoms with E-state index in [2.05, 4.69) is 31.4 Å². The summed E-state index contributed by atoms with van der Waals surface area (Å²) in [5.74, 6) is 1.40. The largest absolute Gasteiger partial charge is 0.496 e. The van der Waals surface area contributed by atoms with Gasteiger partial charge in [0.15, 0.2) is 0 Å². The number of carbonyl (C=O) groups excluding carboxylic acids is 1. The molecular weight excluding hydrogens is 322 g/mol. The van der Waals surface area contributed by atoms with Gasteiger partial charge in [-0.1, -0.05) is 6.07 Å². The van der Waals surface area contributed by atoms with Crippen molar-refractivity contribution in [2.45, 2.75) is 19.8 Å². The van der Waals surface area contributed by atoms with Crippen LogP contribution in [-0.4, -0.2) is 23.2 Å². The number of aromatic nitrogens is 2. The van der Waals surface area contributed by atoms with Crippen molar-refractivity contribution in [2.24, 2.45) is 0 Å². The SMILES string of the molecule is COc1ccc(CCC(=O)Nc2[nH]ncc2C)cc1Br. The zero-order valence-electron chi connectivity index (χ0n) is 11.4. The molecule has 0 atom stereocenters. The number of rotatable bonds is 5. The third-order valence-corrected chi connectivity index (χ3v) is 3.57. The summed E-state index contributed by atoms with van der Waals surface area (Å²) in [6.45, 7) is 1.89. The molecule has 0 fully saturated rings. The molecule has 0 unspecified atom stereocenters. The number of halogens is 1. The molecule has 6 heteroatoms.